The summed E-state index contributed by atoms with van der Waals surface area (Å²) < 4.78 is 6.76. The minimum Gasteiger partial charge on any atom is -0.394 e. The second-order valence-corrected chi connectivity index (χ2v) is 4.33. The zero-order valence-electron chi connectivity index (χ0n) is 10.3. The lowest BCUT2D eigenvalue weighted by atomic mass is 10.2. The standard InChI is InChI=1S/C11H17N3O4/c1-6-4-14(11(17)13-10(6)12-2)9-3-7(16)8(5-15)18-9/h4,7-9,15-16H,3,5H2,1-2H3,(H,12,13,17)/t7-,8+,9+/m1/s1. The maximum Gasteiger partial charge on any atom is 0.351 e. The van der Waals surface area contributed by atoms with Crippen molar-refractivity contribution in [2.24, 2.45) is 0 Å². The van der Waals surface area contributed by atoms with Gasteiger partial charge in [0, 0.05) is 25.2 Å². The number of aryl methyl sites for hydroxylation is 1. The van der Waals surface area contributed by atoms with Crippen LogP contribution in [0.15, 0.2) is 11.0 Å². The summed E-state index contributed by atoms with van der Waals surface area (Å²) >= 11 is 0. The molecule has 7 nitrogen and oxygen atoms in total. The molecule has 0 aromatic carbocycles. The van der Waals surface area contributed by atoms with Gasteiger partial charge in [-0.15, -0.1) is 0 Å². The van der Waals surface area contributed by atoms with Gasteiger partial charge in [0.1, 0.15) is 18.1 Å². The molecule has 0 amide bonds. The average Bonchev–Trinajstić information content (AvgIpc) is 2.72. The SMILES string of the molecule is CNc1nc(=O)n([C@@H]2C[C@@H](O)[C@H](CO)O2)cc1C. The van der Waals surface area contributed by atoms with E-state index in [0.717, 1.165) is 5.56 Å². The molecule has 1 fully saturated rings. The maximum absolute atomic E-state index is 11.8. The number of aromatic nitrogens is 2. The summed E-state index contributed by atoms with van der Waals surface area (Å²) in [4.78, 5) is 15.7. The first-order chi connectivity index (χ1) is 8.56. The first-order valence-corrected chi connectivity index (χ1v) is 5.78. The minimum absolute atomic E-state index is 0.269. The summed E-state index contributed by atoms with van der Waals surface area (Å²) in [6.45, 7) is 1.55. The fourth-order valence-corrected chi connectivity index (χ4v) is 2.08. The fourth-order valence-electron chi connectivity index (χ4n) is 2.08. The van der Waals surface area contributed by atoms with Crippen molar-refractivity contribution >= 4 is 5.82 Å². The van der Waals surface area contributed by atoms with Crippen molar-refractivity contribution in [3.63, 3.8) is 0 Å². The van der Waals surface area contributed by atoms with Crippen LogP contribution in [0.1, 0.15) is 18.2 Å². The molecule has 2 rings (SSSR count). The Balaban J connectivity index is 2.30. The van der Waals surface area contributed by atoms with Crippen LogP contribution >= 0.6 is 0 Å². The third-order valence-electron chi connectivity index (χ3n) is 3.07. The van der Waals surface area contributed by atoms with Gasteiger partial charge in [0.2, 0.25) is 0 Å². The van der Waals surface area contributed by atoms with Crippen LogP contribution < -0.4 is 11.0 Å². The van der Waals surface area contributed by atoms with Crippen molar-refractivity contribution < 1.29 is 14.9 Å². The number of aliphatic hydroxyl groups excluding tert-OH is 2. The van der Waals surface area contributed by atoms with Crippen LogP contribution in [0.25, 0.3) is 0 Å². The second kappa shape index (κ2) is 5.05. The third kappa shape index (κ3) is 2.24. The summed E-state index contributed by atoms with van der Waals surface area (Å²) in [5.74, 6) is 0.522. The van der Waals surface area contributed by atoms with Crippen molar-refractivity contribution in [1.29, 1.82) is 0 Å². The Morgan fingerprint density at radius 2 is 2.39 bits per heavy atom. The van der Waals surface area contributed by atoms with Gasteiger partial charge >= 0.3 is 5.69 Å². The number of aliphatic hydroxyl groups is 2. The van der Waals surface area contributed by atoms with Gasteiger partial charge in [-0.1, -0.05) is 0 Å². The van der Waals surface area contributed by atoms with E-state index >= 15 is 0 Å². The fraction of sp³-hybridized carbons (Fsp3) is 0.636. The Morgan fingerprint density at radius 3 is 2.94 bits per heavy atom. The predicted octanol–water partition coefficient (Wildman–Crippen LogP) is -0.766. The van der Waals surface area contributed by atoms with Crippen LogP contribution in [0.4, 0.5) is 5.82 Å². The molecule has 7 heteroatoms. The van der Waals surface area contributed by atoms with E-state index in [1.807, 2.05) is 6.92 Å². The number of nitrogens with one attached hydrogen (secondary N) is 1. The molecule has 0 unspecified atom stereocenters. The van der Waals surface area contributed by atoms with Gasteiger partial charge in [-0.3, -0.25) is 4.57 Å². The monoisotopic (exact) mass is 255 g/mol. The van der Waals surface area contributed by atoms with E-state index in [4.69, 9.17) is 9.84 Å². The molecule has 0 saturated carbocycles. The Labute approximate surface area is 104 Å². The number of nitrogens with zero attached hydrogens (tertiary/aromatic N) is 2. The molecule has 1 aromatic heterocycles. The maximum atomic E-state index is 11.8. The van der Waals surface area contributed by atoms with E-state index in [0.29, 0.717) is 5.82 Å². The van der Waals surface area contributed by atoms with Gasteiger partial charge < -0.3 is 20.3 Å². The molecule has 0 radical (unpaired) electrons. The van der Waals surface area contributed by atoms with Crippen molar-refractivity contribution in [2.45, 2.75) is 31.8 Å². The molecule has 1 saturated heterocycles. The molecule has 3 atom stereocenters. The quantitative estimate of drug-likeness (QED) is 0.656. The third-order valence-corrected chi connectivity index (χ3v) is 3.07. The van der Waals surface area contributed by atoms with Crippen molar-refractivity contribution in [3.8, 4) is 0 Å². The Hall–Kier alpha value is -1.44. The van der Waals surface area contributed by atoms with Crippen molar-refractivity contribution in [2.75, 3.05) is 19.0 Å². The Kier molecular flexibility index (Phi) is 3.65. The average molecular weight is 255 g/mol. The second-order valence-electron chi connectivity index (χ2n) is 4.33. The highest BCUT2D eigenvalue weighted by molar-refractivity contribution is 5.40. The van der Waals surface area contributed by atoms with Crippen LogP contribution in [-0.2, 0) is 4.74 Å². The van der Waals surface area contributed by atoms with E-state index in [9.17, 15) is 9.90 Å². The molecule has 18 heavy (non-hydrogen) atoms. The largest absolute Gasteiger partial charge is 0.394 e. The first kappa shape index (κ1) is 13.0. The molecule has 100 valence electrons. The minimum atomic E-state index is -0.767. The lowest BCUT2D eigenvalue weighted by Crippen LogP contribution is -2.28. The Morgan fingerprint density at radius 1 is 1.67 bits per heavy atom. The Bertz CT molecular complexity index is 488. The van der Waals surface area contributed by atoms with Crippen LogP contribution in [0, 0.1) is 6.92 Å². The van der Waals surface area contributed by atoms with Gasteiger partial charge in [0.25, 0.3) is 0 Å². The van der Waals surface area contributed by atoms with Crippen LogP contribution in [-0.4, -0.2) is 45.6 Å². The summed E-state index contributed by atoms with van der Waals surface area (Å²) in [5.41, 5.74) is 0.364. The molecule has 0 aliphatic carbocycles. The van der Waals surface area contributed by atoms with E-state index in [-0.39, 0.29) is 13.0 Å². The highest BCUT2D eigenvalue weighted by Crippen LogP contribution is 2.27. The summed E-state index contributed by atoms with van der Waals surface area (Å²) in [6.07, 6.45) is -0.0900. The zero-order valence-corrected chi connectivity index (χ0v) is 10.3. The lowest BCUT2D eigenvalue weighted by Gasteiger charge is -2.15. The lowest BCUT2D eigenvalue weighted by molar-refractivity contribution is -0.0459. The highest BCUT2D eigenvalue weighted by Gasteiger charge is 2.35. The first-order valence-electron chi connectivity index (χ1n) is 5.78. The van der Waals surface area contributed by atoms with Crippen molar-refractivity contribution in [3.05, 3.63) is 22.2 Å². The van der Waals surface area contributed by atoms with E-state index in [1.54, 1.807) is 13.2 Å². The number of hydrogen-bond acceptors (Lipinski definition) is 6. The summed E-state index contributed by atoms with van der Waals surface area (Å²) in [6, 6.07) is 0. The zero-order chi connectivity index (χ0) is 13.3. The van der Waals surface area contributed by atoms with Crippen LogP contribution in [0.3, 0.4) is 0 Å². The molecular weight excluding hydrogens is 238 g/mol. The predicted molar refractivity (Wildman–Crippen MR) is 64.4 cm³/mol. The van der Waals surface area contributed by atoms with E-state index in [1.165, 1.54) is 4.57 Å². The molecule has 0 spiro atoms. The molecule has 3 N–H and O–H groups in total. The highest BCUT2D eigenvalue weighted by atomic mass is 16.5. The van der Waals surface area contributed by atoms with Crippen molar-refractivity contribution in [1.82, 2.24) is 9.55 Å². The van der Waals surface area contributed by atoms with Crippen LogP contribution in [0.5, 0.6) is 0 Å². The van der Waals surface area contributed by atoms with Crippen LogP contribution in [0.2, 0.25) is 0 Å². The summed E-state index contributed by atoms with van der Waals surface area (Å²) in [5, 5.41) is 21.5. The number of anilines is 1. The molecule has 0 bridgehead atoms. The normalized spacial score (nSPS) is 27.4. The number of rotatable bonds is 3. The van der Waals surface area contributed by atoms with Gasteiger partial charge in [-0.05, 0) is 6.92 Å². The molecule has 1 aromatic rings. The number of hydrogen-bond donors (Lipinski definition) is 3. The molecule has 1 aliphatic heterocycles. The van der Waals surface area contributed by atoms with Gasteiger partial charge in [0.05, 0.1) is 12.7 Å². The van der Waals surface area contributed by atoms with Gasteiger partial charge in [-0.25, -0.2) is 4.79 Å². The molecular formula is C11H17N3O4. The summed E-state index contributed by atoms with van der Waals surface area (Å²) in [7, 11) is 1.69. The topological polar surface area (TPSA) is 96.6 Å². The van der Waals surface area contributed by atoms with E-state index < -0.39 is 24.1 Å². The smallest absolute Gasteiger partial charge is 0.351 e. The van der Waals surface area contributed by atoms with E-state index in [2.05, 4.69) is 10.3 Å². The van der Waals surface area contributed by atoms with Gasteiger partial charge in [-0.2, -0.15) is 4.98 Å². The van der Waals surface area contributed by atoms with Gasteiger partial charge in [0.15, 0.2) is 0 Å². The molecule has 1 aliphatic rings. The number of ether oxygens (including phenoxy) is 1. The molecule has 2 heterocycles.